The second-order valence-corrected chi connectivity index (χ2v) is 3.55. The molecule has 1 nitrogen and oxygen atoms in total. The second-order valence-electron chi connectivity index (χ2n) is 3.55. The molecule has 1 atom stereocenters. The van der Waals surface area contributed by atoms with E-state index in [0.29, 0.717) is 0 Å². The van der Waals surface area contributed by atoms with Crippen LogP contribution in [0.2, 0.25) is 0 Å². The highest BCUT2D eigenvalue weighted by atomic mass is 15.2. The van der Waals surface area contributed by atoms with Crippen molar-refractivity contribution in [3.05, 3.63) is 11.6 Å². The highest BCUT2D eigenvalue weighted by Crippen LogP contribution is 2.25. The lowest BCUT2D eigenvalue weighted by molar-refractivity contribution is 0.263. The molecule has 0 N–H and O–H groups in total. The van der Waals surface area contributed by atoms with Crippen molar-refractivity contribution in [2.24, 2.45) is 0 Å². The van der Waals surface area contributed by atoms with E-state index in [1.165, 1.54) is 32.4 Å². The first-order valence-electron chi connectivity index (χ1n) is 4.26. The first-order valence-corrected chi connectivity index (χ1v) is 4.26. The Balaban J connectivity index is 2.08. The minimum Gasteiger partial charge on any atom is -0.296 e. The minimum atomic E-state index is 0.906. The van der Waals surface area contributed by atoms with Gasteiger partial charge in [-0.2, -0.15) is 0 Å². The third-order valence-corrected chi connectivity index (χ3v) is 2.69. The maximum absolute atomic E-state index is 2.62. The summed E-state index contributed by atoms with van der Waals surface area (Å²) in [7, 11) is 0. The number of fused-ring (bicyclic) bond motifs is 1. The van der Waals surface area contributed by atoms with Crippen LogP contribution in [0.1, 0.15) is 26.2 Å². The van der Waals surface area contributed by atoms with Crippen molar-refractivity contribution < 1.29 is 0 Å². The summed E-state index contributed by atoms with van der Waals surface area (Å²) >= 11 is 0. The van der Waals surface area contributed by atoms with E-state index in [4.69, 9.17) is 0 Å². The Hall–Kier alpha value is -0.300. The first kappa shape index (κ1) is 6.41. The Morgan fingerprint density at radius 1 is 1.60 bits per heavy atom. The van der Waals surface area contributed by atoms with E-state index in [-0.39, 0.29) is 0 Å². The predicted molar refractivity (Wildman–Crippen MR) is 43.0 cm³/mol. The molecule has 2 heterocycles. The molecule has 0 bridgehead atoms. The fourth-order valence-corrected chi connectivity index (χ4v) is 2.09. The average molecular weight is 137 g/mol. The van der Waals surface area contributed by atoms with E-state index < -0.39 is 0 Å². The zero-order valence-corrected chi connectivity index (χ0v) is 6.64. The van der Waals surface area contributed by atoms with Gasteiger partial charge in [0.15, 0.2) is 0 Å². The average Bonchev–Trinajstić information content (AvgIpc) is 2.33. The summed E-state index contributed by atoms with van der Waals surface area (Å²) in [5, 5.41) is 0. The van der Waals surface area contributed by atoms with Gasteiger partial charge in [0.05, 0.1) is 0 Å². The smallest absolute Gasteiger partial charge is 0.0193 e. The Labute approximate surface area is 62.7 Å². The molecule has 0 spiro atoms. The summed E-state index contributed by atoms with van der Waals surface area (Å²) in [4.78, 5) is 2.62. The van der Waals surface area contributed by atoms with Crippen LogP contribution in [0.25, 0.3) is 0 Å². The predicted octanol–water partition coefficient (Wildman–Crippen LogP) is 1.80. The highest BCUT2D eigenvalue weighted by Gasteiger charge is 2.25. The van der Waals surface area contributed by atoms with Gasteiger partial charge in [-0.25, -0.2) is 0 Å². The van der Waals surface area contributed by atoms with Crippen molar-refractivity contribution in [2.75, 3.05) is 13.1 Å². The van der Waals surface area contributed by atoms with Crippen molar-refractivity contribution >= 4 is 0 Å². The van der Waals surface area contributed by atoms with Gasteiger partial charge in [-0.1, -0.05) is 11.6 Å². The molecule has 2 aliphatic heterocycles. The molecule has 0 aromatic carbocycles. The molecule has 1 unspecified atom stereocenters. The largest absolute Gasteiger partial charge is 0.296 e. The maximum Gasteiger partial charge on any atom is 0.0193 e. The summed E-state index contributed by atoms with van der Waals surface area (Å²) in [5.41, 5.74) is 1.57. The van der Waals surface area contributed by atoms with Gasteiger partial charge in [-0.05, 0) is 32.7 Å². The van der Waals surface area contributed by atoms with E-state index in [1.54, 1.807) is 5.57 Å². The van der Waals surface area contributed by atoms with Gasteiger partial charge in [-0.3, -0.25) is 4.90 Å². The normalized spacial score (nSPS) is 33.7. The molecule has 1 heteroatoms. The summed E-state index contributed by atoms with van der Waals surface area (Å²) in [5.74, 6) is 0. The van der Waals surface area contributed by atoms with Crippen molar-refractivity contribution in [2.45, 2.75) is 32.2 Å². The molecule has 56 valence electrons. The number of hydrogen-bond acceptors (Lipinski definition) is 1. The second kappa shape index (κ2) is 2.39. The maximum atomic E-state index is 2.62. The standard InChI is InChI=1S/C9H15N/c1-8-4-5-9-3-2-6-10(9)7-8/h4,9H,2-3,5-7H2,1H3. The molecule has 2 rings (SSSR count). The summed E-state index contributed by atoms with van der Waals surface area (Å²) < 4.78 is 0. The highest BCUT2D eigenvalue weighted by molar-refractivity contribution is 5.08. The van der Waals surface area contributed by atoms with E-state index in [9.17, 15) is 0 Å². The first-order chi connectivity index (χ1) is 4.86. The van der Waals surface area contributed by atoms with Gasteiger partial charge in [0.2, 0.25) is 0 Å². The Morgan fingerprint density at radius 3 is 3.40 bits per heavy atom. The topological polar surface area (TPSA) is 3.24 Å². The van der Waals surface area contributed by atoms with Crippen LogP contribution in [0.4, 0.5) is 0 Å². The molecule has 0 aliphatic carbocycles. The van der Waals surface area contributed by atoms with Crippen LogP contribution >= 0.6 is 0 Å². The van der Waals surface area contributed by atoms with Crippen LogP contribution in [0, 0.1) is 0 Å². The molecule has 2 aliphatic rings. The zero-order valence-electron chi connectivity index (χ0n) is 6.64. The van der Waals surface area contributed by atoms with Crippen molar-refractivity contribution in [1.82, 2.24) is 4.90 Å². The lowest BCUT2D eigenvalue weighted by Gasteiger charge is -2.27. The van der Waals surface area contributed by atoms with Crippen LogP contribution in [-0.2, 0) is 0 Å². The van der Waals surface area contributed by atoms with E-state index in [1.807, 2.05) is 0 Å². The molecule has 0 aromatic heterocycles. The fraction of sp³-hybridized carbons (Fsp3) is 0.778. The Morgan fingerprint density at radius 2 is 2.50 bits per heavy atom. The molecule has 0 saturated carbocycles. The Bertz CT molecular complexity index is 160. The Kier molecular flexibility index (Phi) is 1.53. The monoisotopic (exact) mass is 137 g/mol. The van der Waals surface area contributed by atoms with E-state index in [2.05, 4.69) is 17.9 Å². The molecule has 1 saturated heterocycles. The summed E-state index contributed by atoms with van der Waals surface area (Å²) in [6, 6.07) is 0.906. The minimum absolute atomic E-state index is 0.906. The van der Waals surface area contributed by atoms with Gasteiger partial charge in [-0.15, -0.1) is 0 Å². The third kappa shape index (κ3) is 0.988. The number of rotatable bonds is 0. The van der Waals surface area contributed by atoms with E-state index >= 15 is 0 Å². The van der Waals surface area contributed by atoms with Crippen molar-refractivity contribution in [3.8, 4) is 0 Å². The lowest BCUT2D eigenvalue weighted by Crippen LogP contribution is -2.33. The molecular formula is C9H15N. The van der Waals surface area contributed by atoms with Crippen molar-refractivity contribution in [3.63, 3.8) is 0 Å². The number of nitrogens with zero attached hydrogens (tertiary/aromatic N) is 1. The van der Waals surface area contributed by atoms with Gasteiger partial charge in [0.25, 0.3) is 0 Å². The molecule has 0 radical (unpaired) electrons. The quantitative estimate of drug-likeness (QED) is 0.460. The van der Waals surface area contributed by atoms with Crippen LogP contribution in [-0.4, -0.2) is 24.0 Å². The summed E-state index contributed by atoms with van der Waals surface area (Å²) in [6.07, 6.45) is 6.58. The van der Waals surface area contributed by atoms with Crippen LogP contribution in [0.3, 0.4) is 0 Å². The molecule has 0 aromatic rings. The SMILES string of the molecule is CC1=CCC2CCCN2C1. The molecule has 0 amide bonds. The van der Waals surface area contributed by atoms with E-state index in [0.717, 1.165) is 6.04 Å². The molecular weight excluding hydrogens is 122 g/mol. The molecule has 10 heavy (non-hydrogen) atoms. The van der Waals surface area contributed by atoms with Crippen LogP contribution < -0.4 is 0 Å². The van der Waals surface area contributed by atoms with Crippen LogP contribution in [0.5, 0.6) is 0 Å². The molecule has 1 fully saturated rings. The fourth-order valence-electron chi connectivity index (χ4n) is 2.09. The van der Waals surface area contributed by atoms with Gasteiger partial charge in [0.1, 0.15) is 0 Å². The van der Waals surface area contributed by atoms with Gasteiger partial charge < -0.3 is 0 Å². The summed E-state index contributed by atoms with van der Waals surface area (Å²) in [6.45, 7) is 4.83. The lowest BCUT2D eigenvalue weighted by atomic mass is 10.0. The third-order valence-electron chi connectivity index (χ3n) is 2.69. The van der Waals surface area contributed by atoms with Crippen LogP contribution in [0.15, 0.2) is 11.6 Å². The zero-order chi connectivity index (χ0) is 6.97. The van der Waals surface area contributed by atoms with Crippen molar-refractivity contribution in [1.29, 1.82) is 0 Å². The number of hydrogen-bond donors (Lipinski definition) is 0. The van der Waals surface area contributed by atoms with Gasteiger partial charge >= 0.3 is 0 Å². The van der Waals surface area contributed by atoms with Gasteiger partial charge in [0, 0.05) is 12.6 Å².